The maximum atomic E-state index is 12.1. The van der Waals surface area contributed by atoms with E-state index in [0.29, 0.717) is 18.2 Å². The van der Waals surface area contributed by atoms with Crippen molar-refractivity contribution in [2.24, 2.45) is 5.92 Å². The first-order chi connectivity index (χ1) is 11.7. The van der Waals surface area contributed by atoms with Gasteiger partial charge in [-0.1, -0.05) is 13.8 Å². The van der Waals surface area contributed by atoms with Gasteiger partial charge in [0.05, 0.1) is 0 Å². The molecule has 1 rings (SSSR count). The summed E-state index contributed by atoms with van der Waals surface area (Å²) in [6, 6.07) is 5.86. The summed E-state index contributed by atoms with van der Waals surface area (Å²) in [5, 5.41) is 2.82. The smallest absolute Gasteiger partial charge is 0.250 e. The van der Waals surface area contributed by atoms with Gasteiger partial charge in [-0.3, -0.25) is 9.59 Å². The quantitative estimate of drug-likeness (QED) is 0.784. The van der Waals surface area contributed by atoms with Crippen molar-refractivity contribution in [3.8, 4) is 0 Å². The highest BCUT2D eigenvalue weighted by atomic mass is 16.5. The summed E-state index contributed by atoms with van der Waals surface area (Å²) in [7, 11) is 5.41. The first kappa shape index (κ1) is 21.0. The first-order valence-corrected chi connectivity index (χ1v) is 8.53. The lowest BCUT2D eigenvalue weighted by molar-refractivity contribution is -0.132. The molecule has 1 aromatic rings. The van der Waals surface area contributed by atoms with Gasteiger partial charge in [-0.25, -0.2) is 0 Å². The molecule has 0 bridgehead atoms. The molecule has 0 fully saturated rings. The van der Waals surface area contributed by atoms with Crippen molar-refractivity contribution in [2.75, 3.05) is 38.0 Å². The summed E-state index contributed by atoms with van der Waals surface area (Å²) in [4.78, 5) is 27.8. The molecular weight excluding hydrogens is 318 g/mol. The number of benzene rings is 1. The highest BCUT2D eigenvalue weighted by Crippen LogP contribution is 2.26. The van der Waals surface area contributed by atoms with Crippen LogP contribution >= 0.6 is 0 Å². The van der Waals surface area contributed by atoms with Crippen molar-refractivity contribution in [3.63, 3.8) is 0 Å². The zero-order chi connectivity index (χ0) is 19.1. The van der Waals surface area contributed by atoms with Crippen molar-refractivity contribution in [1.82, 2.24) is 4.90 Å². The number of nitrogens with one attached hydrogen (secondary N) is 1. The fourth-order valence-corrected chi connectivity index (χ4v) is 2.64. The molecule has 1 unspecified atom stereocenters. The Balaban J connectivity index is 3.15. The molecule has 0 aliphatic rings. The number of nitrogens with zero attached hydrogens (tertiary/aromatic N) is 2. The van der Waals surface area contributed by atoms with Crippen LogP contribution in [0.3, 0.4) is 0 Å². The zero-order valence-corrected chi connectivity index (χ0v) is 16.4. The van der Waals surface area contributed by atoms with Gasteiger partial charge in [0.25, 0.3) is 0 Å². The van der Waals surface area contributed by atoms with Gasteiger partial charge in [0.2, 0.25) is 11.8 Å². The molecular formula is C19H31N3O3. The highest BCUT2D eigenvalue weighted by Gasteiger charge is 2.21. The van der Waals surface area contributed by atoms with E-state index in [1.54, 1.807) is 6.92 Å². The molecule has 6 nitrogen and oxygen atoms in total. The molecule has 0 heterocycles. The van der Waals surface area contributed by atoms with Gasteiger partial charge in [0.1, 0.15) is 6.61 Å². The Bertz CT molecular complexity index is 600. The molecule has 0 radical (unpaired) electrons. The molecule has 1 N–H and O–H groups in total. The van der Waals surface area contributed by atoms with Gasteiger partial charge in [-0.15, -0.1) is 0 Å². The van der Waals surface area contributed by atoms with Crippen molar-refractivity contribution in [2.45, 2.75) is 40.3 Å². The molecule has 0 aromatic heterocycles. The largest absolute Gasteiger partial charge is 0.377 e. The summed E-state index contributed by atoms with van der Waals surface area (Å²) in [5.41, 5.74) is 2.71. The van der Waals surface area contributed by atoms with E-state index < -0.39 is 0 Å². The van der Waals surface area contributed by atoms with E-state index in [-0.39, 0.29) is 24.5 Å². The number of anilines is 2. The molecule has 25 heavy (non-hydrogen) atoms. The normalized spacial score (nSPS) is 12.0. The maximum absolute atomic E-state index is 12.1. The lowest BCUT2D eigenvalue weighted by Crippen LogP contribution is -2.39. The Morgan fingerprint density at radius 2 is 1.84 bits per heavy atom. The number of carbonyl (C=O) groups is 2. The average molecular weight is 349 g/mol. The number of amides is 2. The molecule has 2 amide bonds. The summed E-state index contributed by atoms with van der Waals surface area (Å²) in [6.45, 7) is 8.37. The van der Waals surface area contributed by atoms with E-state index in [0.717, 1.165) is 11.3 Å². The number of rotatable bonds is 8. The second-order valence-corrected chi connectivity index (χ2v) is 6.85. The van der Waals surface area contributed by atoms with Crippen LogP contribution in [0.1, 0.15) is 33.3 Å². The van der Waals surface area contributed by atoms with Crippen molar-refractivity contribution in [1.29, 1.82) is 0 Å². The second-order valence-electron chi connectivity index (χ2n) is 6.85. The monoisotopic (exact) mass is 349 g/mol. The SMILES string of the molecule is COCC(=O)Nc1ccc(N(C)C)c(CN(C(C)=O)C(C)C(C)C)c1. The van der Waals surface area contributed by atoms with E-state index in [1.165, 1.54) is 7.11 Å². The van der Waals surface area contributed by atoms with Crippen LogP contribution in [0.2, 0.25) is 0 Å². The zero-order valence-electron chi connectivity index (χ0n) is 16.4. The van der Waals surface area contributed by atoms with Gasteiger partial charge in [-0.2, -0.15) is 0 Å². The summed E-state index contributed by atoms with van der Waals surface area (Å²) < 4.78 is 4.85. The highest BCUT2D eigenvalue weighted by molar-refractivity contribution is 5.92. The third-order valence-corrected chi connectivity index (χ3v) is 4.32. The Kier molecular flexibility index (Phi) is 7.90. The number of hydrogen-bond donors (Lipinski definition) is 1. The van der Waals surface area contributed by atoms with E-state index in [1.807, 2.05) is 42.1 Å². The fraction of sp³-hybridized carbons (Fsp3) is 0.579. The standard InChI is InChI=1S/C19H31N3O3/c1-13(2)14(3)22(15(4)23)11-16-10-17(20-19(24)12-25-7)8-9-18(16)21(5)6/h8-10,13-14H,11-12H2,1-7H3,(H,20,24). The lowest BCUT2D eigenvalue weighted by Gasteiger charge is -2.32. The maximum Gasteiger partial charge on any atom is 0.250 e. The molecule has 0 aliphatic carbocycles. The number of ether oxygens (including phenoxy) is 1. The average Bonchev–Trinajstić information content (AvgIpc) is 2.51. The minimum atomic E-state index is -0.204. The molecule has 0 aliphatic heterocycles. The van der Waals surface area contributed by atoms with Gasteiger partial charge < -0.3 is 19.9 Å². The van der Waals surface area contributed by atoms with Crippen molar-refractivity contribution >= 4 is 23.2 Å². The van der Waals surface area contributed by atoms with E-state index in [9.17, 15) is 9.59 Å². The van der Waals surface area contributed by atoms with E-state index in [4.69, 9.17) is 4.74 Å². The van der Waals surface area contributed by atoms with Crippen LogP contribution in [0.15, 0.2) is 18.2 Å². The Morgan fingerprint density at radius 3 is 2.32 bits per heavy atom. The fourth-order valence-electron chi connectivity index (χ4n) is 2.64. The van der Waals surface area contributed by atoms with Gasteiger partial charge >= 0.3 is 0 Å². The van der Waals surface area contributed by atoms with E-state index in [2.05, 4.69) is 26.1 Å². The number of hydrogen-bond acceptors (Lipinski definition) is 4. The van der Waals surface area contributed by atoms with Gasteiger partial charge in [0, 0.05) is 52.1 Å². The van der Waals surface area contributed by atoms with Crippen LogP contribution in [0.4, 0.5) is 11.4 Å². The Hall–Kier alpha value is -2.08. The van der Waals surface area contributed by atoms with Crippen LogP contribution in [0.25, 0.3) is 0 Å². The summed E-state index contributed by atoms with van der Waals surface area (Å²) in [5.74, 6) is 0.195. The van der Waals surface area contributed by atoms with Crippen LogP contribution in [0, 0.1) is 5.92 Å². The Labute approximate surface area is 151 Å². The van der Waals surface area contributed by atoms with Crippen LogP contribution < -0.4 is 10.2 Å². The van der Waals surface area contributed by atoms with E-state index >= 15 is 0 Å². The van der Waals surface area contributed by atoms with Crippen molar-refractivity contribution in [3.05, 3.63) is 23.8 Å². The predicted octanol–water partition coefficient (Wildman–Crippen LogP) is 2.73. The topological polar surface area (TPSA) is 61.9 Å². The molecule has 6 heteroatoms. The minimum Gasteiger partial charge on any atom is -0.377 e. The third kappa shape index (κ3) is 6.05. The van der Waals surface area contributed by atoms with Crippen LogP contribution in [-0.2, 0) is 20.9 Å². The van der Waals surface area contributed by atoms with Gasteiger partial charge in [-0.05, 0) is 36.6 Å². The lowest BCUT2D eigenvalue weighted by atomic mass is 10.0. The molecule has 140 valence electrons. The molecule has 0 saturated heterocycles. The van der Waals surface area contributed by atoms with Crippen LogP contribution in [-0.4, -0.2) is 50.6 Å². The third-order valence-electron chi connectivity index (χ3n) is 4.32. The molecule has 0 saturated carbocycles. The molecule has 0 spiro atoms. The summed E-state index contributed by atoms with van der Waals surface area (Å²) in [6.07, 6.45) is 0. The summed E-state index contributed by atoms with van der Waals surface area (Å²) >= 11 is 0. The molecule has 1 aromatic carbocycles. The Morgan fingerprint density at radius 1 is 1.20 bits per heavy atom. The minimum absolute atomic E-state index is 0.00865. The van der Waals surface area contributed by atoms with Crippen molar-refractivity contribution < 1.29 is 14.3 Å². The number of carbonyl (C=O) groups excluding carboxylic acids is 2. The molecule has 1 atom stereocenters. The second kappa shape index (κ2) is 9.42. The predicted molar refractivity (Wildman–Crippen MR) is 102 cm³/mol. The van der Waals surface area contributed by atoms with Crippen LogP contribution in [0.5, 0.6) is 0 Å². The number of methoxy groups -OCH3 is 1. The first-order valence-electron chi connectivity index (χ1n) is 8.53. The van der Waals surface area contributed by atoms with Gasteiger partial charge in [0.15, 0.2) is 0 Å².